The molecule has 0 aliphatic rings. The number of aliphatic hydroxyl groups is 1. The third kappa shape index (κ3) is 5.97. The van der Waals surface area contributed by atoms with Gasteiger partial charge in [0, 0.05) is 0 Å². The van der Waals surface area contributed by atoms with E-state index < -0.39 is 0 Å². The smallest absolute Gasteiger partial charge is 0.0580 e. The van der Waals surface area contributed by atoms with E-state index in [-0.39, 0.29) is 6.10 Å². The lowest BCUT2D eigenvalue weighted by molar-refractivity contribution is 0.165. The molecule has 1 nitrogen and oxygen atoms in total. The van der Waals surface area contributed by atoms with Crippen LogP contribution < -0.4 is 0 Å². The van der Waals surface area contributed by atoms with Crippen molar-refractivity contribution in [1.82, 2.24) is 0 Å². The van der Waals surface area contributed by atoms with Crippen LogP contribution in [0.2, 0.25) is 0 Å². The Morgan fingerprint density at radius 3 is 2.14 bits per heavy atom. The Bertz CT molecular complexity index is 543. The van der Waals surface area contributed by atoms with Crippen LogP contribution in [-0.4, -0.2) is 11.2 Å². The lowest BCUT2D eigenvalue weighted by Crippen LogP contribution is -2.08. The van der Waals surface area contributed by atoms with Crippen molar-refractivity contribution in [2.75, 3.05) is 0 Å². The molecule has 0 bridgehead atoms. The van der Waals surface area contributed by atoms with Crippen molar-refractivity contribution in [2.45, 2.75) is 38.7 Å². The predicted molar refractivity (Wildman–Crippen MR) is 89.3 cm³/mol. The molecule has 1 atom stereocenters. The summed E-state index contributed by atoms with van der Waals surface area (Å²) in [5.41, 5.74) is 3.87. The number of rotatable bonds is 7. The van der Waals surface area contributed by atoms with Crippen LogP contribution >= 0.6 is 0 Å². The zero-order chi connectivity index (χ0) is 14.9. The summed E-state index contributed by atoms with van der Waals surface area (Å²) in [4.78, 5) is 0. The van der Waals surface area contributed by atoms with Crippen molar-refractivity contribution in [3.63, 3.8) is 0 Å². The highest BCUT2D eigenvalue weighted by atomic mass is 16.3. The fraction of sp³-hybridized carbons (Fsp3) is 0.300. The third-order valence-electron chi connectivity index (χ3n) is 3.70. The summed E-state index contributed by atoms with van der Waals surface area (Å²) in [6.45, 7) is 2.11. The molecule has 0 radical (unpaired) electrons. The van der Waals surface area contributed by atoms with Crippen LogP contribution in [0, 0.1) is 0 Å². The van der Waals surface area contributed by atoms with E-state index in [0.717, 1.165) is 25.7 Å². The minimum atomic E-state index is -0.253. The van der Waals surface area contributed by atoms with Crippen LogP contribution in [0.15, 0.2) is 72.3 Å². The maximum atomic E-state index is 10.1. The Hall–Kier alpha value is -1.86. The normalized spacial score (nSPS) is 13.1. The van der Waals surface area contributed by atoms with Crippen LogP contribution in [0.3, 0.4) is 0 Å². The van der Waals surface area contributed by atoms with Gasteiger partial charge in [0.15, 0.2) is 0 Å². The molecule has 1 heteroatoms. The minimum Gasteiger partial charge on any atom is -0.393 e. The van der Waals surface area contributed by atoms with E-state index in [0.29, 0.717) is 0 Å². The standard InChI is InChI=1S/C20H24O/c1-17(12-13-18-8-4-2-5-9-18)16-20(21)15-14-19-10-6-3-7-11-19/h2-12,20-21H,13-16H2,1H3/b17-12+. The van der Waals surface area contributed by atoms with Crippen LogP contribution in [0.1, 0.15) is 30.9 Å². The zero-order valence-electron chi connectivity index (χ0n) is 12.7. The molecule has 0 fully saturated rings. The van der Waals surface area contributed by atoms with Gasteiger partial charge in [-0.15, -0.1) is 0 Å². The molecule has 0 amide bonds. The Morgan fingerprint density at radius 1 is 0.952 bits per heavy atom. The van der Waals surface area contributed by atoms with E-state index >= 15 is 0 Å². The quantitative estimate of drug-likeness (QED) is 0.737. The molecule has 21 heavy (non-hydrogen) atoms. The molecule has 1 N–H and O–H groups in total. The highest BCUT2D eigenvalue weighted by molar-refractivity contribution is 5.19. The second kappa shape index (κ2) is 8.43. The summed E-state index contributed by atoms with van der Waals surface area (Å²) in [5, 5.41) is 10.1. The van der Waals surface area contributed by atoms with Crippen molar-refractivity contribution >= 4 is 0 Å². The van der Waals surface area contributed by atoms with Crippen LogP contribution in [0.4, 0.5) is 0 Å². The summed E-state index contributed by atoms with van der Waals surface area (Å²) < 4.78 is 0. The largest absolute Gasteiger partial charge is 0.393 e. The van der Waals surface area contributed by atoms with E-state index in [9.17, 15) is 5.11 Å². The first-order valence-electron chi connectivity index (χ1n) is 7.65. The first-order chi connectivity index (χ1) is 10.2. The van der Waals surface area contributed by atoms with Crippen molar-refractivity contribution in [2.24, 2.45) is 0 Å². The molecule has 2 rings (SSSR count). The molecule has 0 spiro atoms. The highest BCUT2D eigenvalue weighted by Crippen LogP contribution is 2.13. The first-order valence-corrected chi connectivity index (χ1v) is 7.65. The van der Waals surface area contributed by atoms with E-state index in [2.05, 4.69) is 49.4 Å². The van der Waals surface area contributed by atoms with E-state index in [1.54, 1.807) is 0 Å². The zero-order valence-corrected chi connectivity index (χ0v) is 12.7. The van der Waals surface area contributed by atoms with E-state index in [4.69, 9.17) is 0 Å². The molecule has 110 valence electrons. The predicted octanol–water partition coefficient (Wildman–Crippen LogP) is 4.56. The van der Waals surface area contributed by atoms with Crippen LogP contribution in [0.5, 0.6) is 0 Å². The molecule has 1 unspecified atom stereocenters. The van der Waals surface area contributed by atoms with E-state index in [1.165, 1.54) is 16.7 Å². The van der Waals surface area contributed by atoms with Gasteiger partial charge in [0.2, 0.25) is 0 Å². The van der Waals surface area contributed by atoms with Gasteiger partial charge >= 0.3 is 0 Å². The lowest BCUT2D eigenvalue weighted by Gasteiger charge is -2.11. The van der Waals surface area contributed by atoms with Gasteiger partial charge in [-0.1, -0.05) is 72.3 Å². The van der Waals surface area contributed by atoms with Gasteiger partial charge in [-0.3, -0.25) is 0 Å². The minimum absolute atomic E-state index is 0.253. The molecule has 2 aromatic carbocycles. The molecule has 0 saturated carbocycles. The molecule has 0 aliphatic carbocycles. The average Bonchev–Trinajstić information content (AvgIpc) is 2.53. The summed E-state index contributed by atoms with van der Waals surface area (Å²) >= 11 is 0. The van der Waals surface area contributed by atoms with Crippen molar-refractivity contribution in [3.8, 4) is 0 Å². The summed E-state index contributed by atoms with van der Waals surface area (Å²) in [6, 6.07) is 20.8. The second-order valence-electron chi connectivity index (χ2n) is 5.62. The SMILES string of the molecule is C/C(=C\Cc1ccccc1)CC(O)CCc1ccccc1. The van der Waals surface area contributed by atoms with Gasteiger partial charge in [-0.2, -0.15) is 0 Å². The van der Waals surface area contributed by atoms with Gasteiger partial charge in [-0.05, 0) is 43.7 Å². The molecular formula is C20H24O. The average molecular weight is 280 g/mol. The summed E-state index contributed by atoms with van der Waals surface area (Å²) in [5.74, 6) is 0. The van der Waals surface area contributed by atoms with Crippen LogP contribution in [-0.2, 0) is 12.8 Å². The molecular weight excluding hydrogens is 256 g/mol. The van der Waals surface area contributed by atoms with Gasteiger partial charge in [0.25, 0.3) is 0 Å². The molecule has 0 aromatic heterocycles. The van der Waals surface area contributed by atoms with Crippen molar-refractivity contribution in [3.05, 3.63) is 83.4 Å². The van der Waals surface area contributed by atoms with Gasteiger partial charge in [-0.25, -0.2) is 0 Å². The van der Waals surface area contributed by atoms with E-state index in [1.807, 2.05) is 24.3 Å². The summed E-state index contributed by atoms with van der Waals surface area (Å²) in [7, 11) is 0. The van der Waals surface area contributed by atoms with Crippen molar-refractivity contribution in [1.29, 1.82) is 0 Å². The Morgan fingerprint density at radius 2 is 1.52 bits per heavy atom. The number of hydrogen-bond acceptors (Lipinski definition) is 1. The number of aryl methyl sites for hydroxylation is 1. The Balaban J connectivity index is 1.75. The lowest BCUT2D eigenvalue weighted by atomic mass is 10.0. The Labute approximate surface area is 128 Å². The monoisotopic (exact) mass is 280 g/mol. The number of benzene rings is 2. The fourth-order valence-electron chi connectivity index (χ4n) is 2.44. The molecule has 2 aromatic rings. The third-order valence-corrected chi connectivity index (χ3v) is 3.70. The van der Waals surface area contributed by atoms with Crippen molar-refractivity contribution < 1.29 is 5.11 Å². The molecule has 0 heterocycles. The maximum Gasteiger partial charge on any atom is 0.0580 e. The van der Waals surface area contributed by atoms with Gasteiger partial charge < -0.3 is 5.11 Å². The maximum absolute atomic E-state index is 10.1. The molecule has 0 aliphatic heterocycles. The van der Waals surface area contributed by atoms with Gasteiger partial charge in [0.1, 0.15) is 0 Å². The Kier molecular flexibility index (Phi) is 6.23. The number of aliphatic hydroxyl groups excluding tert-OH is 1. The van der Waals surface area contributed by atoms with Gasteiger partial charge in [0.05, 0.1) is 6.10 Å². The van der Waals surface area contributed by atoms with Crippen LogP contribution in [0.25, 0.3) is 0 Å². The first kappa shape index (κ1) is 15.5. The number of allylic oxidation sites excluding steroid dienone is 1. The topological polar surface area (TPSA) is 20.2 Å². The molecule has 0 saturated heterocycles. The second-order valence-corrected chi connectivity index (χ2v) is 5.62. The summed E-state index contributed by atoms with van der Waals surface area (Å²) in [6.07, 6.45) is 5.44. The fourth-order valence-corrected chi connectivity index (χ4v) is 2.44. The number of hydrogen-bond donors (Lipinski definition) is 1. The highest BCUT2D eigenvalue weighted by Gasteiger charge is 2.05.